The van der Waals surface area contributed by atoms with E-state index in [2.05, 4.69) is 4.90 Å². The van der Waals surface area contributed by atoms with E-state index in [1.165, 1.54) is 19.4 Å². The van der Waals surface area contributed by atoms with Gasteiger partial charge in [-0.2, -0.15) is 0 Å². The summed E-state index contributed by atoms with van der Waals surface area (Å²) >= 11 is 0. The van der Waals surface area contributed by atoms with Crippen molar-refractivity contribution in [3.63, 3.8) is 0 Å². The second-order valence-electron chi connectivity index (χ2n) is 4.85. The molecule has 0 aromatic heterocycles. The van der Waals surface area contributed by atoms with E-state index in [1.807, 2.05) is 0 Å². The fourth-order valence-electron chi connectivity index (χ4n) is 2.40. The van der Waals surface area contributed by atoms with E-state index >= 15 is 0 Å². The maximum Gasteiger partial charge on any atom is 0.163 e. The van der Waals surface area contributed by atoms with Crippen LogP contribution in [0.4, 0.5) is 4.39 Å². The van der Waals surface area contributed by atoms with Crippen LogP contribution in [0.5, 0.6) is 5.75 Å². The number of Topliss-reactive ketones (excluding diaryl/α,β-unsaturated/α-hetero) is 1. The molecule has 1 aliphatic rings. The Morgan fingerprint density at radius 1 is 1.33 bits per heavy atom. The third kappa shape index (κ3) is 2.88. The molecule has 1 N–H and O–H groups in total. The summed E-state index contributed by atoms with van der Waals surface area (Å²) in [6, 6.07) is 2.41. The van der Waals surface area contributed by atoms with Crippen molar-refractivity contribution in [3.05, 3.63) is 29.1 Å². The Hall–Kier alpha value is -1.42. The van der Waals surface area contributed by atoms with Crippen LogP contribution in [0.25, 0.3) is 0 Å². The number of hydrogen-bond donors (Lipinski definition) is 1. The van der Waals surface area contributed by atoms with Gasteiger partial charge in [0.15, 0.2) is 5.78 Å². The van der Waals surface area contributed by atoms with Crippen molar-refractivity contribution in [2.75, 3.05) is 13.1 Å². The third-order valence-corrected chi connectivity index (χ3v) is 3.38. The maximum atomic E-state index is 13.4. The highest BCUT2D eigenvalue weighted by Crippen LogP contribution is 2.26. The molecule has 18 heavy (non-hydrogen) atoms. The lowest BCUT2D eigenvalue weighted by Crippen LogP contribution is -2.29. The van der Waals surface area contributed by atoms with Gasteiger partial charge >= 0.3 is 0 Å². The van der Waals surface area contributed by atoms with Crippen molar-refractivity contribution in [3.8, 4) is 5.75 Å². The minimum Gasteiger partial charge on any atom is -0.507 e. The van der Waals surface area contributed by atoms with Crippen molar-refractivity contribution in [2.45, 2.75) is 32.7 Å². The highest BCUT2D eigenvalue weighted by molar-refractivity contribution is 5.97. The van der Waals surface area contributed by atoms with E-state index in [-0.39, 0.29) is 17.1 Å². The second kappa shape index (κ2) is 5.48. The first-order valence-electron chi connectivity index (χ1n) is 6.32. The number of piperidine rings is 1. The van der Waals surface area contributed by atoms with E-state index in [9.17, 15) is 14.3 Å². The predicted octanol–water partition coefficient (Wildman–Crippen LogP) is 2.72. The van der Waals surface area contributed by atoms with Crippen LogP contribution >= 0.6 is 0 Å². The zero-order chi connectivity index (χ0) is 13.1. The maximum absolute atomic E-state index is 13.4. The number of nitrogens with zero attached hydrogens (tertiary/aromatic N) is 1. The Labute approximate surface area is 106 Å². The molecule has 0 radical (unpaired) electrons. The van der Waals surface area contributed by atoms with Crippen LogP contribution in [0.3, 0.4) is 0 Å². The molecule has 0 aliphatic carbocycles. The number of benzene rings is 1. The van der Waals surface area contributed by atoms with Gasteiger partial charge in [0.25, 0.3) is 0 Å². The van der Waals surface area contributed by atoms with Crippen LogP contribution in [0.15, 0.2) is 12.1 Å². The molecule has 1 saturated heterocycles. The summed E-state index contributed by atoms with van der Waals surface area (Å²) in [5.41, 5.74) is 0.573. The standard InChI is InChI=1S/C14H18FNO2/c1-10(17)13-8-12(15)7-11(14(13)18)9-16-5-3-2-4-6-16/h7-8,18H,2-6,9H2,1H3. The number of carbonyl (C=O) groups excluding carboxylic acids is 1. The number of halogens is 1. The number of aromatic hydroxyl groups is 1. The third-order valence-electron chi connectivity index (χ3n) is 3.38. The first-order chi connectivity index (χ1) is 8.58. The van der Waals surface area contributed by atoms with Gasteiger partial charge in [-0.05, 0) is 45.0 Å². The Morgan fingerprint density at radius 2 is 2.00 bits per heavy atom. The van der Waals surface area contributed by atoms with Crippen molar-refractivity contribution in [1.29, 1.82) is 0 Å². The van der Waals surface area contributed by atoms with Crippen LogP contribution < -0.4 is 0 Å². The van der Waals surface area contributed by atoms with Gasteiger partial charge in [-0.15, -0.1) is 0 Å². The van der Waals surface area contributed by atoms with Crippen molar-refractivity contribution in [2.24, 2.45) is 0 Å². The summed E-state index contributed by atoms with van der Waals surface area (Å²) in [5, 5.41) is 10.0. The quantitative estimate of drug-likeness (QED) is 0.840. The van der Waals surface area contributed by atoms with Gasteiger partial charge in [-0.3, -0.25) is 9.69 Å². The van der Waals surface area contributed by atoms with Gasteiger partial charge in [0, 0.05) is 12.1 Å². The molecule has 1 aliphatic heterocycles. The van der Waals surface area contributed by atoms with E-state index in [4.69, 9.17) is 0 Å². The van der Waals surface area contributed by atoms with Gasteiger partial charge in [0.1, 0.15) is 11.6 Å². The number of phenols is 1. The number of hydrogen-bond acceptors (Lipinski definition) is 3. The molecule has 0 saturated carbocycles. The topological polar surface area (TPSA) is 40.5 Å². The van der Waals surface area contributed by atoms with E-state index in [0.29, 0.717) is 12.1 Å². The number of ketones is 1. The molecule has 0 unspecified atom stereocenters. The number of likely N-dealkylation sites (tertiary alicyclic amines) is 1. The number of phenolic OH excluding ortho intramolecular Hbond substituents is 1. The minimum absolute atomic E-state index is 0.0713. The smallest absolute Gasteiger partial charge is 0.163 e. The Bertz CT molecular complexity index is 453. The molecule has 0 spiro atoms. The first kappa shape index (κ1) is 13.0. The summed E-state index contributed by atoms with van der Waals surface area (Å²) < 4.78 is 13.4. The average Bonchev–Trinajstić information content (AvgIpc) is 2.34. The minimum atomic E-state index is -0.468. The van der Waals surface area contributed by atoms with Crippen molar-refractivity contribution >= 4 is 5.78 Å². The Balaban J connectivity index is 2.23. The van der Waals surface area contributed by atoms with Crippen molar-refractivity contribution in [1.82, 2.24) is 4.90 Å². The molecule has 3 nitrogen and oxygen atoms in total. The fraction of sp³-hybridized carbons (Fsp3) is 0.500. The summed E-state index contributed by atoms with van der Waals surface area (Å²) in [6.45, 7) is 3.76. The van der Waals surface area contributed by atoms with Crippen molar-refractivity contribution < 1.29 is 14.3 Å². The van der Waals surface area contributed by atoms with Crippen LogP contribution in [-0.2, 0) is 6.54 Å². The molecule has 4 heteroatoms. The molecule has 1 aromatic carbocycles. The first-order valence-corrected chi connectivity index (χ1v) is 6.32. The number of carbonyl (C=O) groups is 1. The molecule has 1 aromatic rings. The molecular weight excluding hydrogens is 233 g/mol. The summed E-state index contributed by atoms with van der Waals surface area (Å²) in [4.78, 5) is 13.5. The van der Waals surface area contributed by atoms with Crippen LogP contribution in [0, 0.1) is 5.82 Å². The lowest BCUT2D eigenvalue weighted by molar-refractivity contribution is 0.101. The normalized spacial score (nSPS) is 16.8. The van der Waals surface area contributed by atoms with Gasteiger partial charge < -0.3 is 5.11 Å². The van der Waals surface area contributed by atoms with E-state index in [0.717, 1.165) is 32.0 Å². The van der Waals surface area contributed by atoms with Gasteiger partial charge in [0.2, 0.25) is 0 Å². The molecule has 2 rings (SSSR count). The van der Waals surface area contributed by atoms with E-state index < -0.39 is 5.82 Å². The molecule has 0 atom stereocenters. The summed E-state index contributed by atoms with van der Waals surface area (Å²) in [6.07, 6.45) is 3.50. The van der Waals surface area contributed by atoms with Gasteiger partial charge in [0.05, 0.1) is 5.56 Å². The predicted molar refractivity (Wildman–Crippen MR) is 67.2 cm³/mol. The van der Waals surface area contributed by atoms with Gasteiger partial charge in [-0.25, -0.2) is 4.39 Å². The van der Waals surface area contributed by atoms with E-state index in [1.54, 1.807) is 0 Å². The molecule has 98 valence electrons. The number of rotatable bonds is 3. The van der Waals surface area contributed by atoms with Gasteiger partial charge in [-0.1, -0.05) is 6.42 Å². The summed E-state index contributed by atoms with van der Waals surface area (Å²) in [7, 11) is 0. The highest BCUT2D eigenvalue weighted by Gasteiger charge is 2.17. The van der Waals surface area contributed by atoms with Crippen LogP contribution in [0.2, 0.25) is 0 Å². The van der Waals surface area contributed by atoms with Crippen LogP contribution in [0.1, 0.15) is 42.1 Å². The molecular formula is C14H18FNO2. The molecule has 1 fully saturated rings. The lowest BCUT2D eigenvalue weighted by atomic mass is 10.0. The molecule has 0 amide bonds. The molecule has 1 heterocycles. The Kier molecular flexibility index (Phi) is 3.97. The SMILES string of the molecule is CC(=O)c1cc(F)cc(CN2CCCCC2)c1O. The fourth-order valence-corrected chi connectivity index (χ4v) is 2.40. The average molecular weight is 251 g/mol. The lowest BCUT2D eigenvalue weighted by Gasteiger charge is -2.26. The van der Waals surface area contributed by atoms with Crippen LogP contribution in [-0.4, -0.2) is 28.9 Å². The molecule has 0 bridgehead atoms. The second-order valence-corrected chi connectivity index (χ2v) is 4.85. The highest BCUT2D eigenvalue weighted by atomic mass is 19.1. The zero-order valence-electron chi connectivity index (χ0n) is 10.6. The Morgan fingerprint density at radius 3 is 2.61 bits per heavy atom. The monoisotopic (exact) mass is 251 g/mol. The largest absolute Gasteiger partial charge is 0.507 e. The summed E-state index contributed by atoms with van der Waals surface area (Å²) in [5.74, 6) is -0.855. The zero-order valence-corrected chi connectivity index (χ0v) is 10.6.